The van der Waals surface area contributed by atoms with Crippen LogP contribution in [0.25, 0.3) is 0 Å². The van der Waals surface area contributed by atoms with E-state index in [2.05, 4.69) is 4.98 Å². The molecule has 0 N–H and O–H groups in total. The van der Waals surface area contributed by atoms with E-state index < -0.39 is 6.29 Å². The highest BCUT2D eigenvalue weighted by Crippen LogP contribution is 2.26. The van der Waals surface area contributed by atoms with Gasteiger partial charge in [-0.3, -0.25) is 0 Å². The van der Waals surface area contributed by atoms with Crippen molar-refractivity contribution in [1.82, 2.24) is 4.98 Å². The van der Waals surface area contributed by atoms with Gasteiger partial charge < -0.3 is 14.2 Å². The van der Waals surface area contributed by atoms with Crippen LogP contribution in [0.3, 0.4) is 0 Å². The van der Waals surface area contributed by atoms with Crippen LogP contribution >= 0.6 is 11.6 Å². The molecule has 150 valence electrons. The number of benzene rings is 2. The average Bonchev–Trinajstić information content (AvgIpc) is 2.72. The number of carbonyl (C=O) groups is 1. The number of para-hydroxylation sites is 1. The molecule has 1 heterocycles. The van der Waals surface area contributed by atoms with Crippen LogP contribution in [-0.2, 0) is 16.1 Å². The molecule has 5 nitrogen and oxygen atoms in total. The molecule has 0 bridgehead atoms. The van der Waals surface area contributed by atoms with E-state index in [1.165, 1.54) is 0 Å². The molecule has 1 atom stereocenters. The Hall–Kier alpha value is -2.89. The zero-order valence-electron chi connectivity index (χ0n) is 16.3. The Balaban J connectivity index is 1.87. The van der Waals surface area contributed by atoms with Gasteiger partial charge in [-0.05, 0) is 49.7 Å². The van der Waals surface area contributed by atoms with Crippen LogP contribution in [0.1, 0.15) is 40.4 Å². The van der Waals surface area contributed by atoms with E-state index in [0.29, 0.717) is 34.3 Å². The average molecular weight is 412 g/mol. The second-order valence-electron chi connectivity index (χ2n) is 6.32. The quantitative estimate of drug-likeness (QED) is 0.277. The molecule has 0 aliphatic carbocycles. The molecule has 3 rings (SSSR count). The van der Waals surface area contributed by atoms with Crippen molar-refractivity contribution in [2.24, 2.45) is 0 Å². The molecule has 0 aliphatic heterocycles. The van der Waals surface area contributed by atoms with Crippen LogP contribution in [-0.4, -0.2) is 17.6 Å². The minimum atomic E-state index is -0.744. The fourth-order valence-electron chi connectivity index (χ4n) is 2.73. The van der Waals surface area contributed by atoms with Gasteiger partial charge in [0.15, 0.2) is 0 Å². The normalized spacial score (nSPS) is 11.7. The molecule has 6 heteroatoms. The molecular weight excluding hydrogens is 390 g/mol. The first-order valence-electron chi connectivity index (χ1n) is 9.29. The van der Waals surface area contributed by atoms with Gasteiger partial charge in [0.1, 0.15) is 10.9 Å². The van der Waals surface area contributed by atoms with Gasteiger partial charge in [-0.15, -0.1) is 0 Å². The number of aromatic nitrogens is 1. The fraction of sp³-hybridized carbons (Fsp3) is 0.217. The molecule has 1 unspecified atom stereocenters. The number of hydrogen-bond acceptors (Lipinski definition) is 5. The van der Waals surface area contributed by atoms with E-state index >= 15 is 0 Å². The Bertz CT molecular complexity index is 962. The van der Waals surface area contributed by atoms with Crippen molar-refractivity contribution >= 4 is 17.6 Å². The van der Waals surface area contributed by atoms with E-state index in [1.807, 2.05) is 61.5 Å². The number of ether oxygens (including phenoxy) is 3. The third-order valence-electron chi connectivity index (χ3n) is 4.17. The van der Waals surface area contributed by atoms with Crippen molar-refractivity contribution in [2.75, 3.05) is 6.61 Å². The van der Waals surface area contributed by atoms with Crippen molar-refractivity contribution in [1.29, 1.82) is 0 Å². The first-order valence-corrected chi connectivity index (χ1v) is 9.67. The molecule has 0 spiro atoms. The van der Waals surface area contributed by atoms with E-state index in [4.69, 9.17) is 25.8 Å². The zero-order valence-corrected chi connectivity index (χ0v) is 17.1. The predicted octanol–water partition coefficient (Wildman–Crippen LogP) is 5.51. The molecule has 0 saturated carbocycles. The van der Waals surface area contributed by atoms with Crippen molar-refractivity contribution in [3.05, 3.63) is 94.3 Å². The number of carbonyl (C=O) groups excluding carboxylic acids is 1. The summed E-state index contributed by atoms with van der Waals surface area (Å²) in [5.74, 6) is 0.275. The molecule has 0 fully saturated rings. The third kappa shape index (κ3) is 5.79. The van der Waals surface area contributed by atoms with Gasteiger partial charge in [0, 0.05) is 5.56 Å². The summed E-state index contributed by atoms with van der Waals surface area (Å²) < 4.78 is 17.2. The summed E-state index contributed by atoms with van der Waals surface area (Å²) in [6.07, 6.45) is -0.744. The topological polar surface area (TPSA) is 57.7 Å². The summed E-state index contributed by atoms with van der Waals surface area (Å²) >= 11 is 5.96. The van der Waals surface area contributed by atoms with Crippen molar-refractivity contribution < 1.29 is 19.0 Å². The van der Waals surface area contributed by atoms with Crippen molar-refractivity contribution in [3.8, 4) is 5.75 Å². The van der Waals surface area contributed by atoms with Gasteiger partial charge in [0.25, 0.3) is 0 Å². The lowest BCUT2D eigenvalue weighted by molar-refractivity contribution is -0.0938. The molecule has 29 heavy (non-hydrogen) atoms. The largest absolute Gasteiger partial charge is 0.462 e. The molecule has 1 aromatic heterocycles. The Morgan fingerprint density at radius 2 is 1.86 bits per heavy atom. The maximum absolute atomic E-state index is 12.3. The Morgan fingerprint density at radius 1 is 1.07 bits per heavy atom. The summed E-state index contributed by atoms with van der Waals surface area (Å²) in [6, 6.07) is 20.2. The lowest BCUT2D eigenvalue weighted by atomic mass is 10.0. The highest BCUT2D eigenvalue weighted by atomic mass is 35.5. The van der Waals surface area contributed by atoms with Gasteiger partial charge >= 0.3 is 5.97 Å². The van der Waals surface area contributed by atoms with Crippen LogP contribution in [0.5, 0.6) is 5.75 Å². The Labute approximate surface area is 175 Å². The Morgan fingerprint density at radius 3 is 2.59 bits per heavy atom. The first kappa shape index (κ1) is 20.8. The number of aryl methyl sites for hydroxylation is 1. The summed E-state index contributed by atoms with van der Waals surface area (Å²) in [5, 5.41) is 0.395. The van der Waals surface area contributed by atoms with Gasteiger partial charge in [0.05, 0.1) is 24.5 Å². The molecule has 3 aromatic rings. The molecule has 0 amide bonds. The van der Waals surface area contributed by atoms with Gasteiger partial charge in [-0.2, -0.15) is 0 Å². The smallest absolute Gasteiger partial charge is 0.338 e. The fourth-order valence-corrected chi connectivity index (χ4v) is 2.91. The molecule has 0 saturated heterocycles. The lowest BCUT2D eigenvalue weighted by Crippen LogP contribution is -2.14. The second-order valence-corrected chi connectivity index (χ2v) is 6.71. The van der Waals surface area contributed by atoms with Crippen molar-refractivity contribution in [2.45, 2.75) is 26.7 Å². The van der Waals surface area contributed by atoms with Gasteiger partial charge in [-0.25, -0.2) is 9.78 Å². The number of rotatable bonds is 8. The standard InChI is InChI=1S/C23H22ClNO4/c1-3-27-22(26)20-14-17(13-12-16(20)2)23(29-19-9-5-4-6-10-19)28-15-18-8-7-11-21(24)25-18/h4-14,23H,3,15H2,1-2H3. The van der Waals surface area contributed by atoms with Crippen LogP contribution in [0, 0.1) is 6.92 Å². The van der Waals surface area contributed by atoms with Crippen LogP contribution in [0.15, 0.2) is 66.7 Å². The number of hydrogen-bond donors (Lipinski definition) is 0. The summed E-state index contributed by atoms with van der Waals surface area (Å²) in [4.78, 5) is 16.5. The zero-order chi connectivity index (χ0) is 20.6. The number of nitrogens with zero attached hydrogens (tertiary/aromatic N) is 1. The van der Waals surface area contributed by atoms with E-state index in [-0.39, 0.29) is 12.6 Å². The summed E-state index contributed by atoms with van der Waals surface area (Å²) in [5.41, 5.74) is 2.68. The van der Waals surface area contributed by atoms with E-state index in [1.54, 1.807) is 19.1 Å². The van der Waals surface area contributed by atoms with E-state index in [9.17, 15) is 4.79 Å². The highest BCUT2D eigenvalue weighted by Gasteiger charge is 2.19. The van der Waals surface area contributed by atoms with Crippen LogP contribution in [0.2, 0.25) is 5.15 Å². The van der Waals surface area contributed by atoms with E-state index in [0.717, 1.165) is 5.56 Å². The summed E-state index contributed by atoms with van der Waals surface area (Å²) in [6.45, 7) is 4.14. The minimum absolute atomic E-state index is 0.195. The number of pyridine rings is 1. The SMILES string of the molecule is CCOC(=O)c1cc(C(OCc2cccc(Cl)n2)Oc2ccccc2)ccc1C. The number of halogens is 1. The molecule has 0 radical (unpaired) electrons. The third-order valence-corrected chi connectivity index (χ3v) is 4.38. The summed E-state index contributed by atoms with van der Waals surface area (Å²) in [7, 11) is 0. The highest BCUT2D eigenvalue weighted by molar-refractivity contribution is 6.29. The monoisotopic (exact) mass is 411 g/mol. The maximum atomic E-state index is 12.3. The lowest BCUT2D eigenvalue weighted by Gasteiger charge is -2.21. The second kappa shape index (κ2) is 10.0. The first-order chi connectivity index (χ1) is 14.1. The molecular formula is C23H22ClNO4. The number of esters is 1. The van der Waals surface area contributed by atoms with Crippen molar-refractivity contribution in [3.63, 3.8) is 0 Å². The maximum Gasteiger partial charge on any atom is 0.338 e. The Kier molecular flexibility index (Phi) is 7.22. The van der Waals surface area contributed by atoms with Crippen LogP contribution in [0.4, 0.5) is 0 Å². The molecule has 2 aromatic carbocycles. The van der Waals surface area contributed by atoms with Gasteiger partial charge in [-0.1, -0.05) is 48.0 Å². The van der Waals surface area contributed by atoms with Gasteiger partial charge in [0.2, 0.25) is 6.29 Å². The predicted molar refractivity (Wildman–Crippen MR) is 111 cm³/mol. The van der Waals surface area contributed by atoms with Crippen LogP contribution < -0.4 is 4.74 Å². The molecule has 0 aliphatic rings. The minimum Gasteiger partial charge on any atom is -0.462 e.